The van der Waals surface area contributed by atoms with Crippen LogP contribution in [-0.4, -0.2) is 37.9 Å². The van der Waals surface area contributed by atoms with Crippen LogP contribution in [0, 0.1) is 0 Å². The van der Waals surface area contributed by atoms with Crippen molar-refractivity contribution in [3.63, 3.8) is 0 Å². The molecule has 0 aromatic carbocycles. The first kappa shape index (κ1) is 63.3. The summed E-state index contributed by atoms with van der Waals surface area (Å²) in [5.74, 6) is -0.456. The molecule has 0 N–H and O–H groups in total. The van der Waals surface area contributed by atoms with Gasteiger partial charge in [-0.2, -0.15) is 0 Å². The Morgan fingerprint density at radius 1 is 0.348 bits per heavy atom. The molecule has 0 fully saturated rings. The highest BCUT2D eigenvalue weighted by Gasteiger charge is 2.17. The summed E-state index contributed by atoms with van der Waals surface area (Å²) in [4.78, 5) is 25.4. The summed E-state index contributed by atoms with van der Waals surface area (Å²) in [6.07, 6.45) is 73.6. The van der Waals surface area contributed by atoms with Gasteiger partial charge in [0.25, 0.3) is 0 Å². The van der Waals surface area contributed by atoms with Crippen LogP contribution in [0.2, 0.25) is 0 Å². The van der Waals surface area contributed by atoms with E-state index in [1.54, 1.807) is 0 Å². The fraction of sp³-hybridized carbons (Fsp3) is 0.770. The smallest absolute Gasteiger partial charge is 0.306 e. The van der Waals surface area contributed by atoms with Crippen LogP contribution in [0.3, 0.4) is 0 Å². The molecule has 66 heavy (non-hydrogen) atoms. The first-order valence-electron chi connectivity index (χ1n) is 28.5. The van der Waals surface area contributed by atoms with Crippen molar-refractivity contribution < 1.29 is 23.8 Å². The van der Waals surface area contributed by atoms with Crippen LogP contribution in [-0.2, 0) is 23.8 Å². The quantitative estimate of drug-likeness (QED) is 0.0346. The van der Waals surface area contributed by atoms with Crippen LogP contribution in [0.15, 0.2) is 72.9 Å². The lowest BCUT2D eigenvalue weighted by atomic mass is 10.0. The molecule has 0 saturated heterocycles. The van der Waals surface area contributed by atoms with E-state index in [1.165, 1.54) is 173 Å². The molecule has 5 heteroatoms. The molecule has 382 valence electrons. The van der Waals surface area contributed by atoms with Crippen LogP contribution in [0.4, 0.5) is 0 Å². The molecule has 1 unspecified atom stereocenters. The van der Waals surface area contributed by atoms with E-state index in [9.17, 15) is 9.59 Å². The van der Waals surface area contributed by atoms with E-state index in [-0.39, 0.29) is 25.2 Å². The Morgan fingerprint density at radius 2 is 0.697 bits per heavy atom. The molecule has 0 rings (SSSR count). The topological polar surface area (TPSA) is 61.8 Å². The molecule has 0 aromatic heterocycles. The summed E-state index contributed by atoms with van der Waals surface area (Å²) in [6, 6.07) is 0. The molecule has 0 saturated carbocycles. The van der Waals surface area contributed by atoms with Crippen LogP contribution in [0.1, 0.15) is 278 Å². The van der Waals surface area contributed by atoms with Gasteiger partial charge in [0.2, 0.25) is 0 Å². The van der Waals surface area contributed by atoms with Gasteiger partial charge in [-0.25, -0.2) is 0 Å². The highest BCUT2D eigenvalue weighted by atomic mass is 16.6. The van der Waals surface area contributed by atoms with Gasteiger partial charge in [-0.1, -0.05) is 254 Å². The van der Waals surface area contributed by atoms with E-state index in [4.69, 9.17) is 14.2 Å². The summed E-state index contributed by atoms with van der Waals surface area (Å²) < 4.78 is 17.4. The average Bonchev–Trinajstić information content (AvgIpc) is 3.32. The molecule has 0 aliphatic heterocycles. The van der Waals surface area contributed by atoms with Gasteiger partial charge in [-0.3, -0.25) is 9.59 Å². The summed E-state index contributed by atoms with van der Waals surface area (Å²) in [5.41, 5.74) is 0. The zero-order chi connectivity index (χ0) is 47.7. The molecule has 5 nitrogen and oxygen atoms in total. The first-order chi connectivity index (χ1) is 32.6. The minimum absolute atomic E-state index is 0.0564. The molecule has 0 amide bonds. The van der Waals surface area contributed by atoms with Crippen molar-refractivity contribution in [3.8, 4) is 0 Å². The summed E-state index contributed by atoms with van der Waals surface area (Å²) >= 11 is 0. The number of esters is 2. The van der Waals surface area contributed by atoms with E-state index >= 15 is 0 Å². The summed E-state index contributed by atoms with van der Waals surface area (Å²) in [5, 5.41) is 0. The lowest BCUT2D eigenvalue weighted by Crippen LogP contribution is -2.30. The van der Waals surface area contributed by atoms with Gasteiger partial charge < -0.3 is 14.2 Å². The third kappa shape index (κ3) is 54.0. The molecular weight excluding hydrogens is 813 g/mol. The van der Waals surface area contributed by atoms with E-state index in [0.717, 1.165) is 70.6 Å². The predicted molar refractivity (Wildman–Crippen MR) is 288 cm³/mol. The van der Waals surface area contributed by atoms with Gasteiger partial charge in [0.1, 0.15) is 6.61 Å². The largest absolute Gasteiger partial charge is 0.462 e. The Balaban J connectivity index is 4.30. The van der Waals surface area contributed by atoms with Gasteiger partial charge in [-0.05, 0) is 83.5 Å². The fourth-order valence-corrected chi connectivity index (χ4v) is 8.01. The summed E-state index contributed by atoms with van der Waals surface area (Å²) in [6.45, 7) is 7.68. The number of allylic oxidation sites excluding steroid dienone is 12. The SMILES string of the molecule is CC/C=C\C/C=C\C/C=C\C/C=C\C/C=C\CCCC(=O)OCC(COCCCCCCCCCCCC/C=C\CCCCCCCC)OC(=O)CCCCCCCCCCCCCCC. The van der Waals surface area contributed by atoms with Gasteiger partial charge in [0, 0.05) is 19.4 Å². The zero-order valence-electron chi connectivity index (χ0n) is 44.0. The Bertz CT molecular complexity index is 1180. The number of carbonyl (C=O) groups is 2. The second kappa shape index (κ2) is 56.7. The van der Waals surface area contributed by atoms with E-state index in [0.29, 0.717) is 19.4 Å². The van der Waals surface area contributed by atoms with Crippen LogP contribution in [0.5, 0.6) is 0 Å². The molecule has 0 aromatic rings. The molecule has 0 heterocycles. The van der Waals surface area contributed by atoms with Crippen LogP contribution >= 0.6 is 0 Å². The Hall–Kier alpha value is -2.66. The van der Waals surface area contributed by atoms with Crippen LogP contribution < -0.4 is 0 Å². The van der Waals surface area contributed by atoms with Crippen molar-refractivity contribution in [2.24, 2.45) is 0 Å². The molecule has 0 aliphatic rings. The van der Waals surface area contributed by atoms with Crippen molar-refractivity contribution in [1.29, 1.82) is 0 Å². The Kier molecular flexibility index (Phi) is 54.4. The number of hydrogen-bond donors (Lipinski definition) is 0. The average molecular weight is 922 g/mol. The number of ether oxygens (including phenoxy) is 3. The number of unbranched alkanes of at least 4 members (excludes halogenated alkanes) is 29. The molecule has 0 aliphatic carbocycles. The van der Waals surface area contributed by atoms with Crippen molar-refractivity contribution in [3.05, 3.63) is 72.9 Å². The summed E-state index contributed by atoms with van der Waals surface area (Å²) in [7, 11) is 0. The fourth-order valence-electron chi connectivity index (χ4n) is 8.01. The molecule has 0 spiro atoms. The maximum absolute atomic E-state index is 12.8. The number of carbonyl (C=O) groups excluding carboxylic acids is 2. The second-order valence-electron chi connectivity index (χ2n) is 18.8. The number of hydrogen-bond acceptors (Lipinski definition) is 5. The lowest BCUT2D eigenvalue weighted by molar-refractivity contribution is -0.163. The van der Waals surface area contributed by atoms with Gasteiger partial charge in [-0.15, -0.1) is 0 Å². The maximum atomic E-state index is 12.8. The highest BCUT2D eigenvalue weighted by Crippen LogP contribution is 2.15. The van der Waals surface area contributed by atoms with Crippen LogP contribution in [0.25, 0.3) is 0 Å². The van der Waals surface area contributed by atoms with Crippen molar-refractivity contribution in [2.45, 2.75) is 284 Å². The van der Waals surface area contributed by atoms with Crippen molar-refractivity contribution in [1.82, 2.24) is 0 Å². The molecule has 1 atom stereocenters. The second-order valence-corrected chi connectivity index (χ2v) is 18.8. The Morgan fingerprint density at radius 3 is 1.15 bits per heavy atom. The predicted octanol–water partition coefficient (Wildman–Crippen LogP) is 19.5. The minimum Gasteiger partial charge on any atom is -0.462 e. The lowest BCUT2D eigenvalue weighted by Gasteiger charge is -2.18. The normalized spacial score (nSPS) is 12.7. The molecule has 0 bridgehead atoms. The van der Waals surface area contributed by atoms with Crippen molar-refractivity contribution in [2.75, 3.05) is 19.8 Å². The van der Waals surface area contributed by atoms with E-state index in [1.807, 2.05) is 0 Å². The van der Waals surface area contributed by atoms with E-state index in [2.05, 4.69) is 93.7 Å². The number of rotatable bonds is 52. The minimum atomic E-state index is -0.560. The Labute approximate surface area is 410 Å². The third-order valence-corrected chi connectivity index (χ3v) is 12.2. The molecular formula is C61H108O5. The monoisotopic (exact) mass is 921 g/mol. The first-order valence-corrected chi connectivity index (χ1v) is 28.5. The van der Waals surface area contributed by atoms with E-state index < -0.39 is 6.10 Å². The van der Waals surface area contributed by atoms with Gasteiger partial charge >= 0.3 is 11.9 Å². The highest BCUT2D eigenvalue weighted by molar-refractivity contribution is 5.70. The maximum Gasteiger partial charge on any atom is 0.306 e. The van der Waals surface area contributed by atoms with Crippen molar-refractivity contribution >= 4 is 11.9 Å². The van der Waals surface area contributed by atoms with Gasteiger partial charge in [0.15, 0.2) is 6.10 Å². The van der Waals surface area contributed by atoms with Gasteiger partial charge in [0.05, 0.1) is 6.61 Å². The molecule has 0 radical (unpaired) electrons. The zero-order valence-corrected chi connectivity index (χ0v) is 44.0. The third-order valence-electron chi connectivity index (χ3n) is 12.2. The standard InChI is InChI=1S/C61H108O5/c1-4-7-10-13-16-19-22-25-27-29-30-31-33-35-38-41-44-47-50-53-56-64-57-59(66-61(63)55-52-49-46-43-40-36-24-21-18-15-12-9-6-3)58-65-60(62)54-51-48-45-42-39-37-34-32-28-26-23-20-17-14-11-8-5-2/h8,11,17,20,25-28,34,37,42,45,59H,4-7,9-10,12-16,18-19,21-24,29-33,35-36,38-41,43-44,46-58H2,1-3H3/b11-8-,20-17-,27-25-,28-26-,37-34-,45-42-.